The molecule has 0 unspecified atom stereocenters. The first kappa shape index (κ1) is 28.2. The van der Waals surface area contributed by atoms with Crippen LogP contribution in [0.4, 0.5) is 10.6 Å². The molecule has 5 atom stereocenters. The second kappa shape index (κ2) is 11.5. The van der Waals surface area contributed by atoms with Crippen LogP contribution >= 0.6 is 0 Å². The van der Waals surface area contributed by atoms with Crippen molar-refractivity contribution < 1.29 is 35.4 Å². The normalized spacial score (nSPS) is 24.4. The molecule has 14 nitrogen and oxygen atoms in total. The van der Waals surface area contributed by atoms with E-state index >= 15 is 0 Å². The number of amides is 1. The average Bonchev–Trinajstić information content (AvgIpc) is 3.33. The van der Waals surface area contributed by atoms with E-state index in [9.17, 15) is 25.1 Å². The minimum atomic E-state index is -2.16. The van der Waals surface area contributed by atoms with Gasteiger partial charge >= 0.3 is 12.1 Å². The third kappa shape index (κ3) is 6.44. The van der Waals surface area contributed by atoms with Gasteiger partial charge in [0.05, 0.1) is 13.4 Å². The fraction of sp³-hybridized carbons (Fsp3) is 0.600. The second-order valence-corrected chi connectivity index (χ2v) is 10.7. The van der Waals surface area contributed by atoms with Crippen LogP contribution in [0.3, 0.4) is 0 Å². The highest BCUT2D eigenvalue weighted by Gasteiger charge is 2.58. The highest BCUT2D eigenvalue weighted by Crippen LogP contribution is 2.40. The number of carbonyl (C=O) groups is 2. The Kier molecular flexibility index (Phi) is 8.34. The number of ether oxygens (including phenoxy) is 3. The molecular formula is C25H35N7O7. The minimum absolute atomic E-state index is 0.0364. The molecule has 212 valence electrons. The van der Waals surface area contributed by atoms with E-state index < -0.39 is 54.2 Å². The smallest absolute Gasteiger partial charge is 0.408 e. The number of aliphatic hydroxyl groups is 2. The van der Waals surface area contributed by atoms with E-state index in [1.807, 2.05) is 6.07 Å². The minimum Gasteiger partial charge on any atom is -0.461 e. The highest BCUT2D eigenvalue weighted by atomic mass is 16.6. The van der Waals surface area contributed by atoms with Crippen molar-refractivity contribution in [2.45, 2.75) is 70.2 Å². The number of carbonyl (C=O) groups excluding carboxylic acids is 2. The molecule has 14 heteroatoms. The molecular weight excluding hydrogens is 510 g/mol. The quantitative estimate of drug-likeness (QED) is 0.243. The van der Waals surface area contributed by atoms with E-state index in [4.69, 9.17) is 15.6 Å². The van der Waals surface area contributed by atoms with Crippen molar-refractivity contribution in [2.75, 3.05) is 20.7 Å². The van der Waals surface area contributed by atoms with Gasteiger partial charge in [-0.2, -0.15) is 10.4 Å². The predicted octanol–water partition coefficient (Wildman–Crippen LogP) is 0.883. The largest absolute Gasteiger partial charge is 0.461 e. The van der Waals surface area contributed by atoms with Crippen molar-refractivity contribution in [3.63, 3.8) is 0 Å². The van der Waals surface area contributed by atoms with E-state index in [0.29, 0.717) is 0 Å². The summed E-state index contributed by atoms with van der Waals surface area (Å²) in [5.41, 5.74) is -2.83. The summed E-state index contributed by atoms with van der Waals surface area (Å²) in [6, 6.07) is 2.00. The summed E-state index contributed by atoms with van der Waals surface area (Å²) in [5, 5.41) is 38.5. The Bertz CT molecular complexity index is 1320. The lowest BCUT2D eigenvalue weighted by Gasteiger charge is -2.25. The zero-order valence-electron chi connectivity index (χ0n) is 23.9. The van der Waals surface area contributed by atoms with Crippen molar-refractivity contribution in [3.05, 3.63) is 24.1 Å². The van der Waals surface area contributed by atoms with E-state index in [0.717, 1.165) is 0 Å². The number of aliphatic imine (C=N–C) groups is 1. The number of rotatable bonds is 8. The van der Waals surface area contributed by atoms with Gasteiger partial charge in [-0.15, -0.1) is 0 Å². The van der Waals surface area contributed by atoms with Gasteiger partial charge < -0.3 is 34.6 Å². The van der Waals surface area contributed by atoms with E-state index in [-0.39, 0.29) is 29.0 Å². The fourth-order valence-corrected chi connectivity index (χ4v) is 3.88. The Balaban J connectivity index is 1.84. The molecule has 39 heavy (non-hydrogen) atoms. The summed E-state index contributed by atoms with van der Waals surface area (Å²) < 4.78 is 26.0. The number of nitriles is 1. The molecule has 1 fully saturated rings. The summed E-state index contributed by atoms with van der Waals surface area (Å²) in [7, 11) is 3.51. The molecule has 1 aliphatic rings. The van der Waals surface area contributed by atoms with Crippen molar-refractivity contribution >= 4 is 29.7 Å². The number of nitrogens with zero attached hydrogens (tertiary/aromatic N) is 6. The Morgan fingerprint density at radius 3 is 2.72 bits per heavy atom. The molecule has 2 aromatic rings. The first-order valence-electron chi connectivity index (χ1n) is 12.8. The second-order valence-electron chi connectivity index (χ2n) is 10.7. The summed E-state index contributed by atoms with van der Waals surface area (Å²) in [6.45, 7) is 7.91. The molecule has 3 rings (SSSR count). The maximum Gasteiger partial charge on any atom is 0.408 e. The van der Waals surface area contributed by atoms with Crippen LogP contribution in [0.5, 0.6) is 0 Å². The Labute approximate surface area is 227 Å². The number of alkyl carbamates (subject to hydrolysis) is 1. The molecule has 0 radical (unpaired) electrons. The molecule has 3 N–H and O–H groups in total. The Hall–Kier alpha value is -3.80. The molecule has 0 spiro atoms. The number of aromatic nitrogens is 3. The maximum absolute atomic E-state index is 12.8. The lowest BCUT2D eigenvalue weighted by atomic mass is 9.92. The van der Waals surface area contributed by atoms with Crippen LogP contribution in [-0.4, -0.2) is 98.8 Å². The maximum atomic E-state index is 12.8. The van der Waals surface area contributed by atoms with Gasteiger partial charge in [-0.3, -0.25) is 0 Å². The van der Waals surface area contributed by atoms with Gasteiger partial charge in [-0.1, -0.05) is 13.8 Å². The number of fused-ring (bicyclic) bond motifs is 1. The summed E-state index contributed by atoms with van der Waals surface area (Å²) in [5.74, 6) is -1.05. The third-order valence-electron chi connectivity index (χ3n) is 5.74. The predicted molar refractivity (Wildman–Crippen MR) is 138 cm³/mol. The van der Waals surface area contributed by atoms with Crippen molar-refractivity contribution in [1.29, 1.82) is 5.26 Å². The van der Waals surface area contributed by atoms with Gasteiger partial charge in [0.1, 0.15) is 54.5 Å². The SMILES string of the molecule is [2H]c1cc([C@]2(C#N)O[C@H](COC(=O)[C@@H](NC(=O)OC(C)(C)C)C(C)C)[C@@H](O)[C@H]2O)n2ncnc(N=CN(C)C)c12. The number of hydrogen-bond acceptors (Lipinski definition) is 11. The van der Waals surface area contributed by atoms with Crippen LogP contribution in [0.15, 0.2) is 23.4 Å². The summed E-state index contributed by atoms with van der Waals surface area (Å²) >= 11 is 0. The van der Waals surface area contributed by atoms with E-state index in [1.165, 1.54) is 23.2 Å². The van der Waals surface area contributed by atoms with Gasteiger partial charge in [-0.25, -0.2) is 24.1 Å². The van der Waals surface area contributed by atoms with Crippen molar-refractivity contribution in [2.24, 2.45) is 10.9 Å². The van der Waals surface area contributed by atoms with Gasteiger partial charge in [-0.05, 0) is 38.8 Å². The highest BCUT2D eigenvalue weighted by molar-refractivity contribution is 5.81. The van der Waals surface area contributed by atoms with Gasteiger partial charge in [0, 0.05) is 14.1 Å². The van der Waals surface area contributed by atoms with E-state index in [1.54, 1.807) is 53.6 Å². The molecule has 1 amide bonds. The van der Waals surface area contributed by atoms with E-state index in [2.05, 4.69) is 20.4 Å². The Morgan fingerprint density at radius 1 is 1.44 bits per heavy atom. The molecule has 0 aromatic carbocycles. The fourth-order valence-electron chi connectivity index (χ4n) is 3.88. The van der Waals surface area contributed by atoms with Crippen molar-refractivity contribution in [1.82, 2.24) is 24.8 Å². The van der Waals surface area contributed by atoms with Crippen LogP contribution in [0.1, 0.15) is 41.7 Å². The number of aliphatic hydroxyl groups excluding tert-OH is 2. The number of esters is 1. The lowest BCUT2D eigenvalue weighted by molar-refractivity contribution is -0.154. The Morgan fingerprint density at radius 2 is 2.13 bits per heavy atom. The molecule has 0 aliphatic carbocycles. The average molecular weight is 547 g/mol. The number of hydrogen-bond donors (Lipinski definition) is 3. The molecule has 1 saturated heterocycles. The zero-order valence-corrected chi connectivity index (χ0v) is 22.9. The van der Waals surface area contributed by atoms with Crippen LogP contribution in [0, 0.1) is 17.2 Å². The third-order valence-corrected chi connectivity index (χ3v) is 5.74. The van der Waals surface area contributed by atoms with Gasteiger partial charge in [0.2, 0.25) is 5.60 Å². The first-order chi connectivity index (χ1) is 18.6. The van der Waals surface area contributed by atoms with Crippen LogP contribution in [0.2, 0.25) is 0 Å². The molecule has 0 bridgehead atoms. The monoisotopic (exact) mass is 546 g/mol. The standard InChI is InChI=1S/C25H35N7O7/c1-14(2)18(30-23(36)39-24(3,4)5)22(35)37-10-16-19(33)20(34)25(11-26,38-16)17-9-8-15-21(28-13-31(6)7)27-12-29-32(15)17/h8-9,12-14,16,18-20,33-34H,10H2,1-7H3,(H,30,36)/t16-,18+,19-,20-,25+/m1/s1/i8D. The zero-order chi connectivity index (χ0) is 30.0. The molecule has 3 heterocycles. The molecule has 0 saturated carbocycles. The molecule has 1 aliphatic heterocycles. The van der Waals surface area contributed by atoms with Crippen LogP contribution in [0.25, 0.3) is 5.52 Å². The molecule has 2 aromatic heterocycles. The lowest BCUT2D eigenvalue weighted by Crippen LogP contribution is -2.48. The van der Waals surface area contributed by atoms with Crippen LogP contribution in [-0.2, 0) is 24.6 Å². The van der Waals surface area contributed by atoms with Gasteiger partial charge in [0.15, 0.2) is 5.82 Å². The summed E-state index contributed by atoms with van der Waals surface area (Å²) in [4.78, 5) is 35.0. The van der Waals surface area contributed by atoms with Crippen molar-refractivity contribution in [3.8, 4) is 6.07 Å². The topological polar surface area (TPSA) is 184 Å². The van der Waals surface area contributed by atoms with Crippen LogP contribution < -0.4 is 5.32 Å². The first-order valence-corrected chi connectivity index (χ1v) is 12.3. The summed E-state index contributed by atoms with van der Waals surface area (Å²) in [6.07, 6.45) is -2.90. The number of nitrogens with one attached hydrogen (secondary N) is 1. The van der Waals surface area contributed by atoms with Gasteiger partial charge in [0.25, 0.3) is 0 Å².